The second-order valence-electron chi connectivity index (χ2n) is 11.8. The Kier molecular flexibility index (Phi) is 3.85. The molecule has 1 nitrogen and oxygen atoms in total. The second kappa shape index (κ2) is 6.50. The van der Waals surface area contributed by atoms with Crippen LogP contribution in [0.25, 0.3) is 11.1 Å². The summed E-state index contributed by atoms with van der Waals surface area (Å²) in [6.45, 7) is 4.71. The molecule has 0 aromatic heterocycles. The van der Waals surface area contributed by atoms with E-state index in [2.05, 4.69) is 85.9 Å². The lowest BCUT2D eigenvalue weighted by Gasteiger charge is -2.57. The molecule has 0 heterocycles. The first-order chi connectivity index (χ1) is 15.5. The third-order valence-corrected chi connectivity index (χ3v) is 9.40. The highest BCUT2D eigenvalue weighted by Gasteiger charge is 2.52. The summed E-state index contributed by atoms with van der Waals surface area (Å²) in [5.74, 6) is 2.90. The minimum absolute atomic E-state index is 0.0710. The smallest absolute Gasteiger partial charge is 0.0422 e. The molecule has 3 aromatic rings. The number of hydrogen-bond acceptors (Lipinski definition) is 1. The zero-order chi connectivity index (χ0) is 21.5. The lowest BCUT2D eigenvalue weighted by atomic mass is 9.48. The van der Waals surface area contributed by atoms with E-state index >= 15 is 0 Å². The van der Waals surface area contributed by atoms with Crippen LogP contribution in [0, 0.1) is 17.8 Å². The van der Waals surface area contributed by atoms with Gasteiger partial charge in [-0.3, -0.25) is 0 Å². The third-order valence-electron chi connectivity index (χ3n) is 9.40. The molecule has 1 heteroatoms. The Morgan fingerprint density at radius 2 is 1.25 bits per heavy atom. The average molecular weight is 420 g/mol. The summed E-state index contributed by atoms with van der Waals surface area (Å²) in [5.41, 5.74) is 10.3. The normalized spacial score (nSPS) is 30.8. The molecule has 5 aliphatic carbocycles. The van der Waals surface area contributed by atoms with E-state index < -0.39 is 0 Å². The highest BCUT2D eigenvalue weighted by molar-refractivity contribution is 5.84. The molecular formula is C31H33N. The number of hydrogen-bond donors (Lipinski definition) is 1. The van der Waals surface area contributed by atoms with Gasteiger partial charge >= 0.3 is 0 Å². The van der Waals surface area contributed by atoms with E-state index in [9.17, 15) is 0 Å². The minimum Gasteiger partial charge on any atom is -0.355 e. The van der Waals surface area contributed by atoms with Crippen molar-refractivity contribution in [3.63, 3.8) is 0 Å². The van der Waals surface area contributed by atoms with Gasteiger partial charge in [-0.1, -0.05) is 62.4 Å². The molecular weight excluding hydrogens is 386 g/mol. The first kappa shape index (κ1) is 19.0. The summed E-state index contributed by atoms with van der Waals surface area (Å²) in [7, 11) is 0. The number of benzene rings is 3. The number of fused-ring (bicyclic) bond motifs is 3. The molecule has 0 unspecified atom stereocenters. The van der Waals surface area contributed by atoms with Gasteiger partial charge in [0, 0.05) is 16.8 Å². The van der Waals surface area contributed by atoms with Crippen molar-refractivity contribution in [2.75, 3.05) is 5.32 Å². The molecule has 3 aromatic carbocycles. The lowest BCUT2D eigenvalue weighted by Crippen LogP contribution is -2.48. The fraction of sp³-hybridized carbons (Fsp3) is 0.419. The minimum atomic E-state index is 0.0710. The molecule has 4 saturated carbocycles. The number of rotatable bonds is 3. The van der Waals surface area contributed by atoms with Crippen molar-refractivity contribution in [1.82, 2.24) is 0 Å². The van der Waals surface area contributed by atoms with Crippen LogP contribution in [0.3, 0.4) is 0 Å². The van der Waals surface area contributed by atoms with Crippen LogP contribution < -0.4 is 5.32 Å². The highest BCUT2D eigenvalue weighted by atomic mass is 14.9. The molecule has 0 radical (unpaired) electrons. The first-order valence-corrected chi connectivity index (χ1v) is 12.6. The zero-order valence-corrected chi connectivity index (χ0v) is 19.3. The molecule has 0 spiro atoms. The molecule has 162 valence electrons. The van der Waals surface area contributed by atoms with Gasteiger partial charge in [0.25, 0.3) is 0 Å². The summed E-state index contributed by atoms with van der Waals surface area (Å²) < 4.78 is 0. The average Bonchev–Trinajstić information content (AvgIpc) is 3.00. The van der Waals surface area contributed by atoms with Crippen molar-refractivity contribution in [2.24, 2.45) is 17.8 Å². The summed E-state index contributed by atoms with van der Waals surface area (Å²) in [5, 5.41) is 3.89. The summed E-state index contributed by atoms with van der Waals surface area (Å²) in [4.78, 5) is 0. The Balaban J connectivity index is 1.28. The fourth-order valence-corrected chi connectivity index (χ4v) is 8.45. The summed E-state index contributed by atoms with van der Waals surface area (Å²) >= 11 is 0. The van der Waals surface area contributed by atoms with Gasteiger partial charge in [-0.2, -0.15) is 0 Å². The number of para-hydroxylation sites is 1. The molecule has 32 heavy (non-hydrogen) atoms. The first-order valence-electron chi connectivity index (χ1n) is 12.6. The molecule has 0 amide bonds. The van der Waals surface area contributed by atoms with Crippen molar-refractivity contribution in [3.8, 4) is 11.1 Å². The second-order valence-corrected chi connectivity index (χ2v) is 11.8. The van der Waals surface area contributed by atoms with Gasteiger partial charge in [0.05, 0.1) is 0 Å². The van der Waals surface area contributed by atoms with Crippen LogP contribution in [-0.2, 0) is 10.8 Å². The van der Waals surface area contributed by atoms with Crippen molar-refractivity contribution in [3.05, 3.63) is 83.4 Å². The van der Waals surface area contributed by atoms with Crippen LogP contribution in [0.15, 0.2) is 66.7 Å². The topological polar surface area (TPSA) is 12.0 Å². The van der Waals surface area contributed by atoms with Gasteiger partial charge in [0.1, 0.15) is 0 Å². The maximum atomic E-state index is 3.89. The Morgan fingerprint density at radius 1 is 0.656 bits per heavy atom. The number of nitrogens with one attached hydrogen (secondary N) is 1. The maximum absolute atomic E-state index is 3.89. The van der Waals surface area contributed by atoms with Crippen LogP contribution in [0.1, 0.15) is 69.1 Å². The van der Waals surface area contributed by atoms with Crippen molar-refractivity contribution < 1.29 is 0 Å². The molecule has 4 bridgehead atoms. The van der Waals surface area contributed by atoms with Gasteiger partial charge in [-0.25, -0.2) is 0 Å². The van der Waals surface area contributed by atoms with Gasteiger partial charge in [0.2, 0.25) is 0 Å². The molecule has 0 saturated heterocycles. The zero-order valence-electron chi connectivity index (χ0n) is 19.3. The van der Waals surface area contributed by atoms with E-state index in [1.807, 2.05) is 0 Å². The van der Waals surface area contributed by atoms with Crippen LogP contribution in [0.2, 0.25) is 0 Å². The fourth-order valence-electron chi connectivity index (χ4n) is 8.45. The van der Waals surface area contributed by atoms with E-state index in [0.717, 1.165) is 17.8 Å². The SMILES string of the molecule is CC1(C)c2ccccc2-c2cc(Nc3ccccc3C34CC5CC(CC(C5)C3)C4)ccc21. The van der Waals surface area contributed by atoms with Gasteiger partial charge < -0.3 is 5.32 Å². The Labute approximate surface area is 192 Å². The van der Waals surface area contributed by atoms with Crippen LogP contribution >= 0.6 is 0 Å². The van der Waals surface area contributed by atoms with Gasteiger partial charge in [0.15, 0.2) is 0 Å². The molecule has 1 N–H and O–H groups in total. The van der Waals surface area contributed by atoms with Gasteiger partial charge in [-0.15, -0.1) is 0 Å². The van der Waals surface area contributed by atoms with E-state index in [1.165, 1.54) is 72.2 Å². The van der Waals surface area contributed by atoms with Crippen LogP contribution in [0.4, 0.5) is 11.4 Å². The molecule has 4 fully saturated rings. The molecule has 0 aliphatic heterocycles. The maximum Gasteiger partial charge on any atom is 0.0422 e. The summed E-state index contributed by atoms with van der Waals surface area (Å²) in [6.07, 6.45) is 8.70. The molecule has 0 atom stereocenters. The standard InChI is InChI=1S/C31H33N/c1-30(2)26-8-4-3-7-24(26)25-16-23(11-12-27(25)30)32-29-10-6-5-9-28(29)31-17-20-13-21(18-31)15-22(14-20)19-31/h3-12,16,20-22,32H,13-15,17-19H2,1-2H3. The predicted molar refractivity (Wildman–Crippen MR) is 134 cm³/mol. The van der Waals surface area contributed by atoms with Crippen molar-refractivity contribution >= 4 is 11.4 Å². The number of anilines is 2. The third kappa shape index (κ3) is 2.63. The van der Waals surface area contributed by atoms with Crippen molar-refractivity contribution in [1.29, 1.82) is 0 Å². The Bertz CT molecular complexity index is 1180. The van der Waals surface area contributed by atoms with Crippen molar-refractivity contribution in [2.45, 2.75) is 63.2 Å². The van der Waals surface area contributed by atoms with E-state index in [4.69, 9.17) is 0 Å². The molecule has 5 aliphatic rings. The predicted octanol–water partition coefficient (Wildman–Crippen LogP) is 8.20. The lowest BCUT2D eigenvalue weighted by molar-refractivity contribution is -0.00484. The van der Waals surface area contributed by atoms with E-state index in [1.54, 1.807) is 5.56 Å². The monoisotopic (exact) mass is 419 g/mol. The quantitative estimate of drug-likeness (QED) is 0.451. The van der Waals surface area contributed by atoms with Crippen LogP contribution in [-0.4, -0.2) is 0 Å². The largest absolute Gasteiger partial charge is 0.355 e. The summed E-state index contributed by atoms with van der Waals surface area (Å²) in [6, 6.07) is 25.2. The Morgan fingerprint density at radius 3 is 1.97 bits per heavy atom. The van der Waals surface area contributed by atoms with E-state index in [0.29, 0.717) is 5.41 Å². The van der Waals surface area contributed by atoms with Gasteiger partial charge in [-0.05, 0) is 108 Å². The highest BCUT2D eigenvalue weighted by Crippen LogP contribution is 2.61. The van der Waals surface area contributed by atoms with Crippen LogP contribution in [0.5, 0.6) is 0 Å². The molecule has 8 rings (SSSR count). The van der Waals surface area contributed by atoms with E-state index in [-0.39, 0.29) is 5.41 Å². The Hall–Kier alpha value is -2.54.